The first-order chi connectivity index (χ1) is 12.2. The summed E-state index contributed by atoms with van der Waals surface area (Å²) in [6.45, 7) is 2.95. The molecule has 4 aromatic rings. The summed E-state index contributed by atoms with van der Waals surface area (Å²) in [5.41, 5.74) is 5.81. The molecule has 5 heteroatoms. The number of aryl methyl sites for hydroxylation is 2. The molecule has 1 aliphatic rings. The number of rotatable bonds is 2. The Morgan fingerprint density at radius 2 is 2.08 bits per heavy atom. The summed E-state index contributed by atoms with van der Waals surface area (Å²) in [5, 5.41) is 0. The van der Waals surface area contributed by atoms with Gasteiger partial charge in [0.15, 0.2) is 0 Å². The van der Waals surface area contributed by atoms with Crippen molar-refractivity contribution in [2.45, 2.75) is 26.3 Å². The van der Waals surface area contributed by atoms with Gasteiger partial charge in [-0.15, -0.1) is 0 Å². The molecule has 124 valence electrons. The van der Waals surface area contributed by atoms with E-state index in [1.807, 2.05) is 29.7 Å². The smallest absolute Gasteiger partial charge is 0.136 e. The highest BCUT2D eigenvalue weighted by atomic mass is 19.1. The van der Waals surface area contributed by atoms with Gasteiger partial charge in [0.25, 0.3) is 0 Å². The van der Waals surface area contributed by atoms with Crippen LogP contribution in [-0.4, -0.2) is 18.9 Å². The Balaban J connectivity index is 1.79. The second-order valence-electron chi connectivity index (χ2n) is 6.55. The van der Waals surface area contributed by atoms with E-state index in [0.29, 0.717) is 0 Å². The lowest BCUT2D eigenvalue weighted by Crippen LogP contribution is -1.98. The van der Waals surface area contributed by atoms with E-state index in [0.717, 1.165) is 58.9 Å². The molecule has 5 rings (SSSR count). The van der Waals surface area contributed by atoms with E-state index in [2.05, 4.69) is 21.8 Å². The lowest BCUT2D eigenvalue weighted by Gasteiger charge is -2.11. The first kappa shape index (κ1) is 14.4. The van der Waals surface area contributed by atoms with Crippen LogP contribution in [0.25, 0.3) is 28.2 Å². The molecular weight excluding hydrogens is 315 g/mol. The molecule has 1 aromatic carbocycles. The van der Waals surface area contributed by atoms with Crippen LogP contribution in [-0.2, 0) is 13.0 Å². The van der Waals surface area contributed by atoms with Crippen LogP contribution in [0.5, 0.6) is 0 Å². The molecule has 4 heterocycles. The van der Waals surface area contributed by atoms with Crippen molar-refractivity contribution < 1.29 is 4.39 Å². The van der Waals surface area contributed by atoms with Crippen molar-refractivity contribution in [1.29, 1.82) is 0 Å². The van der Waals surface area contributed by atoms with Crippen LogP contribution in [0, 0.1) is 12.7 Å². The van der Waals surface area contributed by atoms with Crippen LogP contribution < -0.4 is 0 Å². The largest absolute Gasteiger partial charge is 0.327 e. The highest BCUT2D eigenvalue weighted by molar-refractivity contribution is 5.81. The van der Waals surface area contributed by atoms with Crippen LogP contribution in [0.1, 0.15) is 17.8 Å². The Morgan fingerprint density at radius 1 is 1.16 bits per heavy atom. The maximum absolute atomic E-state index is 13.9. The van der Waals surface area contributed by atoms with Crippen LogP contribution >= 0.6 is 0 Å². The number of fused-ring (bicyclic) bond motifs is 2. The molecule has 25 heavy (non-hydrogen) atoms. The topological polar surface area (TPSA) is 35.1 Å². The Bertz CT molecular complexity index is 1110. The van der Waals surface area contributed by atoms with E-state index in [4.69, 9.17) is 4.98 Å². The molecule has 0 atom stereocenters. The molecule has 0 unspecified atom stereocenters. The maximum Gasteiger partial charge on any atom is 0.136 e. The van der Waals surface area contributed by atoms with Gasteiger partial charge in [0.1, 0.15) is 17.3 Å². The number of nitrogens with zero attached hydrogens (tertiary/aromatic N) is 4. The lowest BCUT2D eigenvalue weighted by atomic mass is 10.0. The Kier molecular flexibility index (Phi) is 3.04. The minimum atomic E-state index is -0.232. The summed E-state index contributed by atoms with van der Waals surface area (Å²) in [5.74, 6) is 0.851. The zero-order chi connectivity index (χ0) is 17.0. The fourth-order valence-corrected chi connectivity index (χ4v) is 3.72. The normalized spacial score (nSPS) is 13.5. The van der Waals surface area contributed by atoms with Gasteiger partial charge in [0.2, 0.25) is 0 Å². The number of imidazole rings is 2. The van der Waals surface area contributed by atoms with E-state index < -0.39 is 0 Å². The predicted molar refractivity (Wildman–Crippen MR) is 94.9 cm³/mol. The molecule has 4 nitrogen and oxygen atoms in total. The molecule has 0 bridgehead atoms. The zero-order valence-corrected chi connectivity index (χ0v) is 13.9. The molecule has 0 spiro atoms. The molecule has 3 aromatic heterocycles. The molecule has 0 saturated heterocycles. The molecule has 1 aliphatic heterocycles. The number of aromatic nitrogens is 4. The van der Waals surface area contributed by atoms with Gasteiger partial charge in [-0.25, -0.2) is 14.4 Å². The van der Waals surface area contributed by atoms with Crippen LogP contribution in [0.3, 0.4) is 0 Å². The van der Waals surface area contributed by atoms with Gasteiger partial charge in [-0.05, 0) is 43.2 Å². The summed E-state index contributed by atoms with van der Waals surface area (Å²) >= 11 is 0. The molecule has 0 aliphatic carbocycles. The number of hydrogen-bond acceptors (Lipinski definition) is 2. The van der Waals surface area contributed by atoms with Gasteiger partial charge in [0, 0.05) is 42.7 Å². The summed E-state index contributed by atoms with van der Waals surface area (Å²) < 4.78 is 18.2. The van der Waals surface area contributed by atoms with Gasteiger partial charge >= 0.3 is 0 Å². The molecule has 0 radical (unpaired) electrons. The average Bonchev–Trinajstić information content (AvgIpc) is 3.30. The number of hydrogen-bond donors (Lipinski definition) is 0. The second-order valence-corrected chi connectivity index (χ2v) is 6.55. The van der Waals surface area contributed by atoms with Crippen LogP contribution in [0.2, 0.25) is 0 Å². The molecule has 0 fully saturated rings. The van der Waals surface area contributed by atoms with E-state index in [9.17, 15) is 4.39 Å². The third-order valence-electron chi connectivity index (χ3n) is 4.95. The Hall–Kier alpha value is -2.95. The standard InChI is InChI=1S/C20H17FN4/c1-13-4-6-15(21)11-16(13)19-20(25-9-2-3-18(25)23-19)14-5-7-17-22-8-10-24(17)12-14/h4-8,10-12H,2-3,9H2,1H3. The van der Waals surface area contributed by atoms with E-state index in [1.165, 1.54) is 6.07 Å². The average molecular weight is 332 g/mol. The molecule has 0 amide bonds. The first-order valence-electron chi connectivity index (χ1n) is 8.50. The molecule has 0 saturated carbocycles. The molecular formula is C20H17FN4. The zero-order valence-electron chi connectivity index (χ0n) is 13.9. The van der Waals surface area contributed by atoms with Crippen molar-refractivity contribution in [3.05, 3.63) is 66.1 Å². The Morgan fingerprint density at radius 3 is 3.00 bits per heavy atom. The summed E-state index contributed by atoms with van der Waals surface area (Å²) in [4.78, 5) is 9.19. The van der Waals surface area contributed by atoms with Crippen molar-refractivity contribution in [3.8, 4) is 22.5 Å². The van der Waals surface area contributed by atoms with Crippen molar-refractivity contribution >= 4 is 5.65 Å². The van der Waals surface area contributed by atoms with Gasteiger partial charge < -0.3 is 8.97 Å². The predicted octanol–water partition coefficient (Wildman–Crippen LogP) is 4.26. The first-order valence-corrected chi connectivity index (χ1v) is 8.50. The van der Waals surface area contributed by atoms with E-state index in [1.54, 1.807) is 12.3 Å². The Labute approximate surface area is 144 Å². The summed E-state index contributed by atoms with van der Waals surface area (Å²) in [7, 11) is 0. The monoisotopic (exact) mass is 332 g/mol. The fraction of sp³-hybridized carbons (Fsp3) is 0.200. The third kappa shape index (κ3) is 2.19. The quantitative estimate of drug-likeness (QED) is 0.550. The third-order valence-corrected chi connectivity index (χ3v) is 4.95. The van der Waals surface area contributed by atoms with Crippen molar-refractivity contribution in [1.82, 2.24) is 18.9 Å². The van der Waals surface area contributed by atoms with Gasteiger partial charge in [-0.3, -0.25) is 0 Å². The number of halogens is 1. The molecule has 0 N–H and O–H groups in total. The van der Waals surface area contributed by atoms with Crippen molar-refractivity contribution in [2.24, 2.45) is 0 Å². The fourth-order valence-electron chi connectivity index (χ4n) is 3.72. The maximum atomic E-state index is 13.9. The van der Waals surface area contributed by atoms with Crippen molar-refractivity contribution in [3.63, 3.8) is 0 Å². The highest BCUT2D eigenvalue weighted by Gasteiger charge is 2.24. The van der Waals surface area contributed by atoms with E-state index in [-0.39, 0.29) is 5.82 Å². The second kappa shape index (κ2) is 5.28. The van der Waals surface area contributed by atoms with Gasteiger partial charge in [-0.1, -0.05) is 6.07 Å². The van der Waals surface area contributed by atoms with Gasteiger partial charge in [0.05, 0.1) is 11.4 Å². The number of pyridine rings is 1. The van der Waals surface area contributed by atoms with Crippen LogP contribution in [0.15, 0.2) is 48.9 Å². The SMILES string of the molecule is Cc1ccc(F)cc1-c1nc2n(c1-c1ccc3nccn3c1)CCC2. The summed E-state index contributed by atoms with van der Waals surface area (Å²) in [6.07, 6.45) is 7.87. The minimum absolute atomic E-state index is 0.232. The number of benzene rings is 1. The summed E-state index contributed by atoms with van der Waals surface area (Å²) in [6, 6.07) is 8.99. The minimum Gasteiger partial charge on any atom is -0.327 e. The lowest BCUT2D eigenvalue weighted by molar-refractivity contribution is 0.628. The van der Waals surface area contributed by atoms with E-state index >= 15 is 0 Å². The van der Waals surface area contributed by atoms with Gasteiger partial charge in [-0.2, -0.15) is 0 Å². The van der Waals surface area contributed by atoms with Crippen molar-refractivity contribution in [2.75, 3.05) is 0 Å². The van der Waals surface area contributed by atoms with Crippen LogP contribution in [0.4, 0.5) is 4.39 Å². The highest BCUT2D eigenvalue weighted by Crippen LogP contribution is 2.37.